The van der Waals surface area contributed by atoms with Crippen molar-refractivity contribution < 1.29 is 29.6 Å². The summed E-state index contributed by atoms with van der Waals surface area (Å²) >= 11 is 0. The van der Waals surface area contributed by atoms with Crippen LogP contribution in [0.25, 0.3) is 0 Å². The normalized spacial score (nSPS) is 30.8. The molecule has 0 bridgehead atoms. The second kappa shape index (κ2) is 7.27. The Balaban J connectivity index is 2.25. The van der Waals surface area contributed by atoms with Gasteiger partial charge in [-0.15, -0.1) is 0 Å². The highest BCUT2D eigenvalue weighted by Gasteiger charge is 2.46. The molecule has 0 radical (unpaired) electrons. The number of aliphatic hydroxyl groups is 3. The van der Waals surface area contributed by atoms with Gasteiger partial charge in [-0.05, 0) is 25.5 Å². The summed E-state index contributed by atoms with van der Waals surface area (Å²) in [6.45, 7) is 4.65. The Kier molecular flexibility index (Phi) is 5.59. The Morgan fingerprint density at radius 3 is 2.57 bits per heavy atom. The van der Waals surface area contributed by atoms with Crippen LogP contribution in [0.15, 0.2) is 18.2 Å². The highest BCUT2D eigenvalue weighted by molar-refractivity contribution is 5.73. The highest BCUT2D eigenvalue weighted by atomic mass is 16.7. The Bertz CT molecular complexity index is 564. The molecule has 0 saturated carbocycles. The molecular formula is C16H23NO6. The number of hydrogen-bond donors (Lipinski definition) is 4. The molecule has 1 aliphatic heterocycles. The fourth-order valence-corrected chi connectivity index (χ4v) is 2.63. The number of nitrogens with one attached hydrogen (secondary N) is 1. The third-order valence-corrected chi connectivity index (χ3v) is 3.82. The van der Waals surface area contributed by atoms with Gasteiger partial charge in [0.15, 0.2) is 0 Å². The molecule has 0 spiro atoms. The molecule has 5 atom stereocenters. The van der Waals surface area contributed by atoms with Gasteiger partial charge in [0.2, 0.25) is 12.2 Å². The Morgan fingerprint density at radius 1 is 1.30 bits per heavy atom. The molecule has 0 unspecified atom stereocenters. The van der Waals surface area contributed by atoms with Gasteiger partial charge in [0.25, 0.3) is 0 Å². The fraction of sp³-hybridized carbons (Fsp3) is 0.562. The quantitative estimate of drug-likeness (QED) is 0.601. The molecule has 1 aromatic rings. The number of amides is 1. The van der Waals surface area contributed by atoms with E-state index in [9.17, 15) is 20.1 Å². The van der Waals surface area contributed by atoms with Crippen LogP contribution in [0.3, 0.4) is 0 Å². The first-order valence-electron chi connectivity index (χ1n) is 7.47. The topological polar surface area (TPSA) is 108 Å². The molecule has 0 aromatic heterocycles. The minimum absolute atomic E-state index is 0.387. The van der Waals surface area contributed by atoms with E-state index in [0.717, 1.165) is 11.1 Å². The van der Waals surface area contributed by atoms with Crippen LogP contribution >= 0.6 is 0 Å². The lowest BCUT2D eigenvalue weighted by molar-refractivity contribution is -0.244. The maximum absolute atomic E-state index is 11.4. The van der Waals surface area contributed by atoms with Gasteiger partial charge in [-0.25, -0.2) is 0 Å². The van der Waals surface area contributed by atoms with E-state index >= 15 is 0 Å². The summed E-state index contributed by atoms with van der Waals surface area (Å²) in [5.74, 6) is 0.151. The second-order valence-corrected chi connectivity index (χ2v) is 5.82. The Hall–Kier alpha value is -1.67. The lowest BCUT2D eigenvalue weighted by atomic mass is 9.97. The van der Waals surface area contributed by atoms with Crippen LogP contribution in [0, 0.1) is 13.8 Å². The Morgan fingerprint density at radius 2 is 2.00 bits per heavy atom. The van der Waals surface area contributed by atoms with Crippen LogP contribution in [0.5, 0.6) is 5.75 Å². The van der Waals surface area contributed by atoms with Gasteiger partial charge in [0.05, 0.1) is 6.61 Å². The summed E-state index contributed by atoms with van der Waals surface area (Å²) in [6.07, 6.45) is -4.67. The fourth-order valence-electron chi connectivity index (χ4n) is 2.63. The van der Waals surface area contributed by atoms with Gasteiger partial charge in [0, 0.05) is 6.92 Å². The summed E-state index contributed by atoms with van der Waals surface area (Å²) in [5.41, 5.74) is 1.94. The first-order valence-corrected chi connectivity index (χ1v) is 7.47. The van der Waals surface area contributed by atoms with Crippen molar-refractivity contribution in [3.05, 3.63) is 29.3 Å². The number of carbonyl (C=O) groups is 1. The third-order valence-electron chi connectivity index (χ3n) is 3.82. The van der Waals surface area contributed by atoms with E-state index in [1.54, 1.807) is 6.07 Å². The van der Waals surface area contributed by atoms with E-state index in [1.165, 1.54) is 6.92 Å². The van der Waals surface area contributed by atoms with E-state index < -0.39 is 37.3 Å². The molecule has 1 aromatic carbocycles. The number of rotatable bonds is 4. The summed E-state index contributed by atoms with van der Waals surface area (Å²) in [5, 5.41) is 32.0. The maximum Gasteiger partial charge on any atom is 0.223 e. The number of carbonyl (C=O) groups excluding carboxylic acids is 1. The van der Waals surface area contributed by atoms with Gasteiger partial charge in [-0.1, -0.05) is 17.7 Å². The average molecular weight is 325 g/mol. The molecule has 4 N–H and O–H groups in total. The number of benzene rings is 1. The molecule has 1 amide bonds. The first-order chi connectivity index (χ1) is 10.8. The molecule has 2 rings (SSSR count). The predicted octanol–water partition coefficient (Wildman–Crippen LogP) is -0.374. The van der Waals surface area contributed by atoms with Gasteiger partial charge < -0.3 is 30.1 Å². The predicted molar refractivity (Wildman–Crippen MR) is 81.9 cm³/mol. The molecule has 0 aliphatic carbocycles. The SMILES string of the molecule is CC(=O)N[C@@H]1[C@H](Oc2ccc(C)cc2C)O[C@H](CO)[C@H](O)[C@H]1O. The van der Waals surface area contributed by atoms with Crippen molar-refractivity contribution in [1.82, 2.24) is 5.32 Å². The van der Waals surface area contributed by atoms with Crippen molar-refractivity contribution in [2.75, 3.05) is 6.61 Å². The molecule has 128 valence electrons. The number of aryl methyl sites for hydroxylation is 2. The number of aliphatic hydroxyl groups excluding tert-OH is 3. The molecular weight excluding hydrogens is 302 g/mol. The second-order valence-electron chi connectivity index (χ2n) is 5.82. The van der Waals surface area contributed by atoms with Gasteiger partial charge >= 0.3 is 0 Å². The molecule has 7 heteroatoms. The van der Waals surface area contributed by atoms with Crippen molar-refractivity contribution in [3.8, 4) is 5.75 Å². The molecule has 7 nitrogen and oxygen atoms in total. The van der Waals surface area contributed by atoms with Crippen LogP contribution in [-0.4, -0.2) is 58.5 Å². The monoisotopic (exact) mass is 325 g/mol. The lowest BCUT2D eigenvalue weighted by Crippen LogP contribution is -2.65. The number of hydrogen-bond acceptors (Lipinski definition) is 6. The minimum Gasteiger partial charge on any atom is -0.462 e. The van der Waals surface area contributed by atoms with Crippen LogP contribution in [0.1, 0.15) is 18.1 Å². The van der Waals surface area contributed by atoms with Crippen molar-refractivity contribution in [2.24, 2.45) is 0 Å². The zero-order chi connectivity index (χ0) is 17.1. The number of ether oxygens (including phenoxy) is 2. The molecule has 23 heavy (non-hydrogen) atoms. The third kappa shape index (κ3) is 4.00. The van der Waals surface area contributed by atoms with E-state index in [4.69, 9.17) is 9.47 Å². The zero-order valence-corrected chi connectivity index (χ0v) is 13.4. The highest BCUT2D eigenvalue weighted by Crippen LogP contribution is 2.26. The molecule has 1 saturated heterocycles. The lowest BCUT2D eigenvalue weighted by Gasteiger charge is -2.42. The maximum atomic E-state index is 11.4. The Labute approximate surface area is 134 Å². The van der Waals surface area contributed by atoms with Crippen LogP contribution < -0.4 is 10.1 Å². The first kappa shape index (κ1) is 17.7. The smallest absolute Gasteiger partial charge is 0.223 e. The van der Waals surface area contributed by atoms with Crippen molar-refractivity contribution >= 4 is 5.91 Å². The summed E-state index contributed by atoms with van der Waals surface area (Å²) in [4.78, 5) is 11.4. The molecule has 1 heterocycles. The van der Waals surface area contributed by atoms with Crippen LogP contribution in [-0.2, 0) is 9.53 Å². The van der Waals surface area contributed by atoms with E-state index in [1.807, 2.05) is 26.0 Å². The van der Waals surface area contributed by atoms with Crippen LogP contribution in [0.4, 0.5) is 0 Å². The summed E-state index contributed by atoms with van der Waals surface area (Å²) in [6, 6.07) is 4.61. The van der Waals surface area contributed by atoms with Gasteiger partial charge in [-0.3, -0.25) is 4.79 Å². The van der Waals surface area contributed by atoms with Crippen LogP contribution in [0.2, 0.25) is 0 Å². The van der Waals surface area contributed by atoms with Crippen molar-refractivity contribution in [3.63, 3.8) is 0 Å². The van der Waals surface area contributed by atoms with Crippen molar-refractivity contribution in [2.45, 2.75) is 51.4 Å². The molecule has 1 fully saturated rings. The van der Waals surface area contributed by atoms with E-state index in [2.05, 4.69) is 5.32 Å². The largest absolute Gasteiger partial charge is 0.462 e. The van der Waals surface area contributed by atoms with E-state index in [-0.39, 0.29) is 5.91 Å². The standard InChI is InChI=1S/C16H23NO6/c1-8-4-5-11(9(2)6-8)22-16-13(17-10(3)19)15(21)14(20)12(7-18)23-16/h4-6,12-16,18,20-21H,7H2,1-3H3,(H,17,19)/t12-,13+,14+,15+,16-/m1/s1. The van der Waals surface area contributed by atoms with Gasteiger partial charge in [-0.2, -0.15) is 0 Å². The summed E-state index contributed by atoms with van der Waals surface area (Å²) < 4.78 is 11.3. The van der Waals surface area contributed by atoms with E-state index in [0.29, 0.717) is 5.75 Å². The van der Waals surface area contributed by atoms with Crippen molar-refractivity contribution in [1.29, 1.82) is 0 Å². The summed E-state index contributed by atoms with van der Waals surface area (Å²) in [7, 11) is 0. The average Bonchev–Trinajstić information content (AvgIpc) is 2.48. The molecule has 1 aliphatic rings. The minimum atomic E-state index is -1.32. The van der Waals surface area contributed by atoms with Gasteiger partial charge in [0.1, 0.15) is 30.1 Å². The zero-order valence-electron chi connectivity index (χ0n) is 13.4.